The van der Waals surface area contributed by atoms with Crippen LogP contribution < -0.4 is 9.80 Å². The van der Waals surface area contributed by atoms with E-state index < -0.39 is 7.05 Å². The molecule has 10 heteroatoms. The van der Waals surface area contributed by atoms with Gasteiger partial charge >= 0.3 is 13.1 Å². The molecule has 0 aliphatic carbocycles. The molecule has 3 heterocycles. The number of nitrogens with zero attached hydrogens (tertiary/aromatic N) is 5. The lowest BCUT2D eigenvalue weighted by molar-refractivity contribution is 0.210. The molecule has 1 aromatic heterocycles. The van der Waals surface area contributed by atoms with Crippen LogP contribution in [0.5, 0.6) is 0 Å². The molecule has 0 radical (unpaired) electrons. The molecule has 2 aliphatic rings. The summed E-state index contributed by atoms with van der Waals surface area (Å²) in [6.07, 6.45) is 1.65. The van der Waals surface area contributed by atoms with Crippen molar-refractivity contribution in [3.63, 3.8) is 0 Å². The van der Waals surface area contributed by atoms with E-state index in [9.17, 15) is 9.82 Å². The fourth-order valence-corrected chi connectivity index (χ4v) is 4.03. The summed E-state index contributed by atoms with van der Waals surface area (Å²) in [5.41, 5.74) is 2.39. The Kier molecular flexibility index (Phi) is 4.76. The fraction of sp³-hybridized carbons (Fsp3) is 0.353. The molecule has 27 heavy (non-hydrogen) atoms. The third-order valence-electron chi connectivity index (χ3n) is 5.05. The first kappa shape index (κ1) is 18.5. The summed E-state index contributed by atoms with van der Waals surface area (Å²) in [5.74, 6) is 0.524. The maximum atomic E-state index is 13.4. The first-order valence-electron chi connectivity index (χ1n) is 8.66. The lowest BCUT2D eigenvalue weighted by Crippen LogP contribution is -2.67. The number of para-hydroxylation sites is 1. The predicted molar refractivity (Wildman–Crippen MR) is 106 cm³/mol. The molecule has 1 fully saturated rings. The molecular formula is C17H18BCl2N5O2. The molecule has 2 aliphatic heterocycles. The van der Waals surface area contributed by atoms with Gasteiger partial charge in [-0.2, -0.15) is 4.98 Å². The van der Waals surface area contributed by atoms with Crippen LogP contribution in [0.1, 0.15) is 11.1 Å². The van der Waals surface area contributed by atoms with Gasteiger partial charge in [0.25, 0.3) is 0 Å². The SMILES string of the molecule is CB(O)N1CC(N2C(=O)N(c3c(C)cccc3Cl)Cc3cnc(Cl)nc32)C1. The van der Waals surface area contributed by atoms with Crippen molar-refractivity contribution in [2.45, 2.75) is 26.3 Å². The average Bonchev–Trinajstić information content (AvgIpc) is 2.56. The Morgan fingerprint density at radius 2 is 2.04 bits per heavy atom. The van der Waals surface area contributed by atoms with Crippen LogP contribution in [-0.2, 0) is 6.54 Å². The number of aromatic nitrogens is 2. The summed E-state index contributed by atoms with van der Waals surface area (Å²) in [6, 6.07) is 5.24. The molecule has 0 saturated carbocycles. The molecule has 140 valence electrons. The molecule has 0 spiro atoms. The Labute approximate surface area is 167 Å². The van der Waals surface area contributed by atoms with E-state index in [1.54, 1.807) is 28.9 Å². The molecule has 1 aromatic carbocycles. The summed E-state index contributed by atoms with van der Waals surface area (Å²) >= 11 is 12.4. The first-order chi connectivity index (χ1) is 12.9. The van der Waals surface area contributed by atoms with E-state index in [1.807, 2.05) is 23.9 Å². The van der Waals surface area contributed by atoms with Crippen molar-refractivity contribution in [3.05, 3.63) is 45.8 Å². The van der Waals surface area contributed by atoms with Gasteiger partial charge < -0.3 is 9.83 Å². The smallest absolute Gasteiger partial charge is 0.376 e. The van der Waals surface area contributed by atoms with E-state index in [-0.39, 0.29) is 17.4 Å². The minimum absolute atomic E-state index is 0.0978. The van der Waals surface area contributed by atoms with Gasteiger partial charge in [0.2, 0.25) is 5.28 Å². The van der Waals surface area contributed by atoms with Gasteiger partial charge in [-0.1, -0.05) is 23.7 Å². The van der Waals surface area contributed by atoms with E-state index in [1.165, 1.54) is 0 Å². The summed E-state index contributed by atoms with van der Waals surface area (Å²) in [6.45, 7) is 5.06. The fourth-order valence-electron chi connectivity index (χ4n) is 3.58. The molecule has 7 nitrogen and oxygen atoms in total. The predicted octanol–water partition coefficient (Wildman–Crippen LogP) is 2.83. The highest BCUT2D eigenvalue weighted by Crippen LogP contribution is 2.38. The third kappa shape index (κ3) is 3.16. The van der Waals surface area contributed by atoms with Crippen molar-refractivity contribution in [1.82, 2.24) is 14.8 Å². The standard InChI is InChI=1S/C17H18BCl2N5O2/c1-10-4-3-5-13(19)14(10)24-7-11-6-21-16(20)22-15(11)25(17(24)26)12-8-23(9-12)18(2)27/h3-6,12,27H,7-9H2,1-2H3. The molecule has 0 bridgehead atoms. The Balaban J connectivity index is 1.76. The number of anilines is 2. The maximum absolute atomic E-state index is 13.4. The molecule has 0 unspecified atom stereocenters. The van der Waals surface area contributed by atoms with Gasteiger partial charge in [0.1, 0.15) is 5.82 Å². The van der Waals surface area contributed by atoms with Gasteiger partial charge in [0.15, 0.2) is 0 Å². The largest absolute Gasteiger partial charge is 0.437 e. The van der Waals surface area contributed by atoms with Crippen molar-refractivity contribution >= 4 is 47.8 Å². The highest BCUT2D eigenvalue weighted by Gasteiger charge is 2.44. The van der Waals surface area contributed by atoms with E-state index in [2.05, 4.69) is 9.97 Å². The zero-order chi connectivity index (χ0) is 19.3. The van der Waals surface area contributed by atoms with E-state index in [0.29, 0.717) is 36.2 Å². The number of carbonyl (C=O) groups is 1. The number of amides is 2. The molecular weight excluding hydrogens is 388 g/mol. The summed E-state index contributed by atoms with van der Waals surface area (Å²) < 4.78 is 0. The van der Waals surface area contributed by atoms with Crippen molar-refractivity contribution in [3.8, 4) is 0 Å². The van der Waals surface area contributed by atoms with Crippen LogP contribution in [0.3, 0.4) is 0 Å². The summed E-state index contributed by atoms with van der Waals surface area (Å²) in [5, 5.41) is 10.4. The topological polar surface area (TPSA) is 72.8 Å². The Morgan fingerprint density at radius 1 is 1.30 bits per heavy atom. The van der Waals surface area contributed by atoms with Crippen molar-refractivity contribution < 1.29 is 9.82 Å². The van der Waals surface area contributed by atoms with Crippen LogP contribution >= 0.6 is 23.2 Å². The molecule has 2 aromatic rings. The molecule has 4 rings (SSSR count). The normalized spacial score (nSPS) is 17.7. The van der Waals surface area contributed by atoms with Crippen LogP contribution in [0.25, 0.3) is 0 Å². The van der Waals surface area contributed by atoms with E-state index >= 15 is 0 Å². The number of hydrogen-bond donors (Lipinski definition) is 1. The van der Waals surface area contributed by atoms with Gasteiger partial charge in [-0.3, -0.25) is 9.80 Å². The highest BCUT2D eigenvalue weighted by molar-refractivity contribution is 6.45. The summed E-state index contributed by atoms with van der Waals surface area (Å²) in [7, 11) is -0.559. The number of aryl methyl sites for hydroxylation is 1. The van der Waals surface area contributed by atoms with Crippen LogP contribution in [0, 0.1) is 6.92 Å². The first-order valence-corrected chi connectivity index (χ1v) is 9.41. The van der Waals surface area contributed by atoms with Crippen molar-refractivity contribution in [2.24, 2.45) is 0 Å². The monoisotopic (exact) mass is 405 g/mol. The minimum Gasteiger partial charge on any atom is -0.437 e. The number of benzene rings is 1. The van der Waals surface area contributed by atoms with Gasteiger partial charge in [0, 0.05) is 24.8 Å². The average molecular weight is 406 g/mol. The van der Waals surface area contributed by atoms with Gasteiger partial charge in [-0.05, 0) is 37.0 Å². The summed E-state index contributed by atoms with van der Waals surface area (Å²) in [4.78, 5) is 27.0. The molecule has 2 amide bonds. The molecule has 1 saturated heterocycles. The Morgan fingerprint density at radius 3 is 2.70 bits per heavy atom. The van der Waals surface area contributed by atoms with E-state index in [4.69, 9.17) is 23.2 Å². The van der Waals surface area contributed by atoms with Gasteiger partial charge in [-0.25, -0.2) is 9.78 Å². The third-order valence-corrected chi connectivity index (χ3v) is 5.54. The number of rotatable bonds is 3. The van der Waals surface area contributed by atoms with Crippen LogP contribution in [-0.4, -0.2) is 52.0 Å². The van der Waals surface area contributed by atoms with Crippen molar-refractivity contribution in [2.75, 3.05) is 22.9 Å². The lowest BCUT2D eigenvalue weighted by atomic mass is 9.80. The van der Waals surface area contributed by atoms with Crippen LogP contribution in [0.2, 0.25) is 17.1 Å². The number of carbonyl (C=O) groups excluding carboxylic acids is 1. The second-order valence-electron chi connectivity index (χ2n) is 6.87. The van der Waals surface area contributed by atoms with Crippen molar-refractivity contribution in [1.29, 1.82) is 0 Å². The van der Waals surface area contributed by atoms with E-state index in [0.717, 1.165) is 11.1 Å². The zero-order valence-electron chi connectivity index (χ0n) is 14.9. The van der Waals surface area contributed by atoms with Crippen LogP contribution in [0.4, 0.5) is 16.3 Å². The second kappa shape index (κ2) is 6.94. The number of fused-ring (bicyclic) bond motifs is 1. The minimum atomic E-state index is -0.559. The number of hydrogen-bond acceptors (Lipinski definition) is 5. The van der Waals surface area contributed by atoms with Gasteiger partial charge in [0.05, 0.1) is 23.3 Å². The number of urea groups is 1. The van der Waals surface area contributed by atoms with Crippen LogP contribution in [0.15, 0.2) is 24.4 Å². The molecule has 0 atom stereocenters. The number of halogens is 2. The quantitative estimate of drug-likeness (QED) is 0.627. The molecule has 1 N–H and O–H groups in total. The lowest BCUT2D eigenvalue weighted by Gasteiger charge is -2.48. The maximum Gasteiger partial charge on any atom is 0.376 e. The Hall–Kier alpha value is -1.87. The zero-order valence-corrected chi connectivity index (χ0v) is 16.4. The van der Waals surface area contributed by atoms with Gasteiger partial charge in [-0.15, -0.1) is 0 Å². The highest BCUT2D eigenvalue weighted by atomic mass is 35.5. The second-order valence-corrected chi connectivity index (χ2v) is 7.62. The Bertz CT molecular complexity index is 887.